The normalized spacial score (nSPS) is 18.0. The molecule has 21 heavy (non-hydrogen) atoms. The number of likely N-dealkylation sites (tertiary alicyclic amines) is 1. The zero-order chi connectivity index (χ0) is 14.7. The summed E-state index contributed by atoms with van der Waals surface area (Å²) in [7, 11) is 0. The van der Waals surface area contributed by atoms with Gasteiger partial charge in [-0.3, -0.25) is 9.78 Å². The van der Waals surface area contributed by atoms with Gasteiger partial charge in [-0.2, -0.15) is 0 Å². The quantitative estimate of drug-likeness (QED) is 0.871. The van der Waals surface area contributed by atoms with Crippen LogP contribution in [0.15, 0.2) is 48.7 Å². The molecule has 1 unspecified atom stereocenters. The molecule has 108 valence electrons. The maximum Gasteiger partial charge on any atom is 0.227 e. The minimum Gasteiger partial charge on any atom is -0.342 e. The molecule has 0 radical (unpaired) electrons. The Bertz CT molecular complexity index is 630. The number of amides is 1. The molecule has 1 amide bonds. The Morgan fingerprint density at radius 1 is 1.24 bits per heavy atom. The third-order valence-corrected chi connectivity index (χ3v) is 4.32. The predicted molar refractivity (Wildman–Crippen MR) is 83.3 cm³/mol. The van der Waals surface area contributed by atoms with Gasteiger partial charge in [0.25, 0.3) is 0 Å². The Kier molecular flexibility index (Phi) is 4.20. The lowest BCUT2D eigenvalue weighted by molar-refractivity contribution is -0.129. The van der Waals surface area contributed by atoms with Crippen LogP contribution in [-0.4, -0.2) is 28.9 Å². The molecule has 3 nitrogen and oxygen atoms in total. The Labute approximate surface area is 129 Å². The number of pyridine rings is 1. The fourth-order valence-corrected chi connectivity index (χ4v) is 2.96. The molecule has 1 aromatic heterocycles. The van der Waals surface area contributed by atoms with Crippen LogP contribution in [0.25, 0.3) is 0 Å². The topological polar surface area (TPSA) is 33.2 Å². The summed E-state index contributed by atoms with van der Waals surface area (Å²) in [5.41, 5.74) is 1.97. The first-order chi connectivity index (χ1) is 10.2. The van der Waals surface area contributed by atoms with Crippen molar-refractivity contribution in [3.05, 3.63) is 64.9 Å². The summed E-state index contributed by atoms with van der Waals surface area (Å²) in [6.45, 7) is 1.55. The Hall–Kier alpha value is -1.87. The number of hydrogen-bond acceptors (Lipinski definition) is 2. The smallest absolute Gasteiger partial charge is 0.227 e. The van der Waals surface area contributed by atoms with Gasteiger partial charge >= 0.3 is 0 Å². The van der Waals surface area contributed by atoms with Gasteiger partial charge in [-0.15, -0.1) is 0 Å². The molecule has 0 spiro atoms. The van der Waals surface area contributed by atoms with Gasteiger partial charge in [0.05, 0.1) is 6.42 Å². The zero-order valence-electron chi connectivity index (χ0n) is 11.7. The Morgan fingerprint density at radius 3 is 2.81 bits per heavy atom. The van der Waals surface area contributed by atoms with Crippen LogP contribution in [0.2, 0.25) is 5.02 Å². The van der Waals surface area contributed by atoms with Crippen LogP contribution in [0.4, 0.5) is 0 Å². The van der Waals surface area contributed by atoms with Gasteiger partial charge in [-0.1, -0.05) is 35.9 Å². The van der Waals surface area contributed by atoms with E-state index in [1.165, 1.54) is 0 Å². The van der Waals surface area contributed by atoms with Crippen LogP contribution >= 0.6 is 11.6 Å². The van der Waals surface area contributed by atoms with Crippen molar-refractivity contribution in [2.24, 2.45) is 0 Å². The summed E-state index contributed by atoms with van der Waals surface area (Å²) in [6.07, 6.45) is 3.16. The minimum absolute atomic E-state index is 0.140. The highest BCUT2D eigenvalue weighted by Crippen LogP contribution is 2.26. The fourth-order valence-electron chi connectivity index (χ4n) is 2.76. The number of rotatable bonds is 3. The minimum atomic E-state index is 0.140. The van der Waals surface area contributed by atoms with Crippen LogP contribution in [0, 0.1) is 0 Å². The first-order valence-electron chi connectivity index (χ1n) is 7.16. The highest BCUT2D eigenvalue weighted by Gasteiger charge is 2.28. The van der Waals surface area contributed by atoms with E-state index in [9.17, 15) is 4.79 Å². The van der Waals surface area contributed by atoms with Crippen LogP contribution in [-0.2, 0) is 11.2 Å². The van der Waals surface area contributed by atoms with E-state index in [2.05, 4.69) is 4.98 Å². The monoisotopic (exact) mass is 300 g/mol. The summed E-state index contributed by atoms with van der Waals surface area (Å²) >= 11 is 6.12. The highest BCUT2D eigenvalue weighted by atomic mass is 35.5. The van der Waals surface area contributed by atoms with Gasteiger partial charge in [0, 0.05) is 35.9 Å². The van der Waals surface area contributed by atoms with Gasteiger partial charge in [-0.25, -0.2) is 0 Å². The van der Waals surface area contributed by atoms with E-state index in [1.54, 1.807) is 0 Å². The van der Waals surface area contributed by atoms with Crippen LogP contribution in [0.1, 0.15) is 23.6 Å². The van der Waals surface area contributed by atoms with Crippen LogP contribution in [0.3, 0.4) is 0 Å². The standard InChI is InChI=1S/C17H17ClN2O/c18-15-6-2-1-5-13(15)11-17(21)20-10-8-14(12-20)16-7-3-4-9-19-16/h1-7,9,14H,8,10-12H2. The molecule has 0 aliphatic carbocycles. The lowest BCUT2D eigenvalue weighted by atomic mass is 10.0. The first kappa shape index (κ1) is 14.1. The number of hydrogen-bond donors (Lipinski definition) is 0. The lowest BCUT2D eigenvalue weighted by Gasteiger charge is -2.17. The van der Waals surface area contributed by atoms with Gasteiger partial charge in [0.1, 0.15) is 0 Å². The van der Waals surface area contributed by atoms with Crippen molar-refractivity contribution >= 4 is 17.5 Å². The molecule has 0 N–H and O–H groups in total. The van der Waals surface area contributed by atoms with E-state index in [0.717, 1.165) is 30.8 Å². The molecular weight excluding hydrogens is 284 g/mol. The third-order valence-electron chi connectivity index (χ3n) is 3.95. The number of benzene rings is 1. The molecule has 4 heteroatoms. The van der Waals surface area contributed by atoms with E-state index >= 15 is 0 Å². The molecule has 0 bridgehead atoms. The second-order valence-corrected chi connectivity index (χ2v) is 5.76. The first-order valence-corrected chi connectivity index (χ1v) is 7.54. The average Bonchev–Trinajstić information content (AvgIpc) is 3.00. The summed E-state index contributed by atoms with van der Waals surface area (Å²) in [4.78, 5) is 18.7. The Morgan fingerprint density at radius 2 is 2.05 bits per heavy atom. The summed E-state index contributed by atoms with van der Waals surface area (Å²) in [6, 6.07) is 13.5. The average molecular weight is 301 g/mol. The van der Waals surface area contributed by atoms with Crippen molar-refractivity contribution in [3.63, 3.8) is 0 Å². The molecule has 1 aliphatic rings. The van der Waals surface area contributed by atoms with E-state index in [-0.39, 0.29) is 5.91 Å². The second-order valence-electron chi connectivity index (χ2n) is 5.35. The van der Waals surface area contributed by atoms with E-state index in [4.69, 9.17) is 11.6 Å². The molecule has 1 aromatic carbocycles. The molecule has 1 fully saturated rings. The largest absolute Gasteiger partial charge is 0.342 e. The second kappa shape index (κ2) is 6.27. The van der Waals surface area contributed by atoms with E-state index < -0.39 is 0 Å². The molecule has 1 saturated heterocycles. The van der Waals surface area contributed by atoms with E-state index in [1.807, 2.05) is 53.6 Å². The van der Waals surface area contributed by atoms with Gasteiger partial charge < -0.3 is 4.90 Å². The van der Waals surface area contributed by atoms with E-state index in [0.29, 0.717) is 17.4 Å². The van der Waals surface area contributed by atoms with Crippen molar-refractivity contribution in [3.8, 4) is 0 Å². The number of halogens is 1. The van der Waals surface area contributed by atoms with Crippen molar-refractivity contribution in [1.82, 2.24) is 9.88 Å². The molecule has 1 atom stereocenters. The molecule has 2 aromatic rings. The zero-order valence-corrected chi connectivity index (χ0v) is 12.5. The summed E-state index contributed by atoms with van der Waals surface area (Å²) in [5, 5.41) is 0.659. The number of nitrogens with zero attached hydrogens (tertiary/aromatic N) is 2. The lowest BCUT2D eigenvalue weighted by Crippen LogP contribution is -2.30. The number of carbonyl (C=O) groups is 1. The van der Waals surface area contributed by atoms with Gasteiger partial charge in [-0.05, 0) is 30.2 Å². The fraction of sp³-hybridized carbons (Fsp3) is 0.294. The summed E-state index contributed by atoms with van der Waals surface area (Å²) in [5.74, 6) is 0.489. The molecular formula is C17H17ClN2O. The number of aromatic nitrogens is 1. The maximum atomic E-state index is 12.4. The van der Waals surface area contributed by atoms with Crippen molar-refractivity contribution in [2.75, 3.05) is 13.1 Å². The highest BCUT2D eigenvalue weighted by molar-refractivity contribution is 6.31. The summed E-state index contributed by atoms with van der Waals surface area (Å²) < 4.78 is 0. The molecule has 2 heterocycles. The van der Waals surface area contributed by atoms with Crippen molar-refractivity contribution in [2.45, 2.75) is 18.8 Å². The van der Waals surface area contributed by atoms with Crippen molar-refractivity contribution < 1.29 is 4.79 Å². The van der Waals surface area contributed by atoms with Crippen LogP contribution < -0.4 is 0 Å². The molecule has 1 aliphatic heterocycles. The van der Waals surface area contributed by atoms with Gasteiger partial charge in [0.15, 0.2) is 0 Å². The maximum absolute atomic E-state index is 12.4. The molecule has 3 rings (SSSR count). The van der Waals surface area contributed by atoms with Crippen LogP contribution in [0.5, 0.6) is 0 Å². The van der Waals surface area contributed by atoms with Gasteiger partial charge in [0.2, 0.25) is 5.91 Å². The SMILES string of the molecule is O=C(Cc1ccccc1Cl)N1CCC(c2ccccn2)C1. The number of carbonyl (C=O) groups excluding carboxylic acids is 1. The predicted octanol–water partition coefficient (Wildman–Crippen LogP) is 3.29. The third kappa shape index (κ3) is 3.24. The molecule has 0 saturated carbocycles. The van der Waals surface area contributed by atoms with Crippen molar-refractivity contribution in [1.29, 1.82) is 0 Å². The Balaban J connectivity index is 1.64.